The van der Waals surface area contributed by atoms with Crippen LogP contribution in [0.3, 0.4) is 0 Å². The number of alkyl halides is 3. The van der Waals surface area contributed by atoms with Crippen LogP contribution in [0.5, 0.6) is 11.5 Å². The Bertz CT molecular complexity index is 1170. The van der Waals surface area contributed by atoms with Crippen molar-refractivity contribution < 1.29 is 32.5 Å². The van der Waals surface area contributed by atoms with Gasteiger partial charge in [-0.3, -0.25) is 9.69 Å². The molecule has 2 heterocycles. The summed E-state index contributed by atoms with van der Waals surface area (Å²) in [7, 11) is 0. The van der Waals surface area contributed by atoms with E-state index in [4.69, 9.17) is 9.47 Å². The van der Waals surface area contributed by atoms with Crippen LogP contribution in [0.25, 0.3) is 0 Å². The quantitative estimate of drug-likeness (QED) is 0.530. The molecule has 0 aromatic heterocycles. The highest BCUT2D eigenvalue weighted by Gasteiger charge is 2.50. The molecule has 2 aliphatic heterocycles. The molecule has 1 N–H and O–H groups in total. The highest BCUT2D eigenvalue weighted by Crippen LogP contribution is 2.53. The van der Waals surface area contributed by atoms with Crippen molar-refractivity contribution in [1.82, 2.24) is 4.90 Å². The Labute approximate surface area is 208 Å². The number of fused-ring (bicyclic) bond motifs is 2. The summed E-state index contributed by atoms with van der Waals surface area (Å²) in [5.74, 6) is 0.483. The number of rotatable bonds is 6. The van der Waals surface area contributed by atoms with Gasteiger partial charge in [0.05, 0.1) is 18.1 Å². The number of carbonyl (C=O) groups is 1. The summed E-state index contributed by atoms with van der Waals surface area (Å²) in [6.07, 6.45) is 0.381. The van der Waals surface area contributed by atoms with Crippen molar-refractivity contribution in [1.29, 1.82) is 0 Å². The lowest BCUT2D eigenvalue weighted by molar-refractivity contribution is -0.139. The predicted molar refractivity (Wildman–Crippen MR) is 126 cm³/mol. The van der Waals surface area contributed by atoms with Gasteiger partial charge in [-0.25, -0.2) is 0 Å². The van der Waals surface area contributed by atoms with Gasteiger partial charge in [0.1, 0.15) is 17.6 Å². The number of aliphatic carboxylic acids is 1. The van der Waals surface area contributed by atoms with E-state index in [9.17, 15) is 23.1 Å². The smallest absolute Gasteiger partial charge is 0.416 e. The third-order valence-electron chi connectivity index (χ3n) is 8.36. The molecule has 2 aromatic carbocycles. The van der Waals surface area contributed by atoms with E-state index in [0.717, 1.165) is 49.0 Å². The summed E-state index contributed by atoms with van der Waals surface area (Å²) >= 11 is 0. The number of nitrogens with zero attached hydrogens (tertiary/aromatic N) is 1. The monoisotopic (exact) mass is 501 g/mol. The minimum atomic E-state index is -4.38. The first-order valence-corrected chi connectivity index (χ1v) is 12.9. The molecule has 0 radical (unpaired) electrons. The molecule has 2 aromatic rings. The maximum absolute atomic E-state index is 13.9. The number of benzene rings is 2. The van der Waals surface area contributed by atoms with Crippen LogP contribution in [0.1, 0.15) is 71.9 Å². The fourth-order valence-corrected chi connectivity index (χ4v) is 6.40. The van der Waals surface area contributed by atoms with Crippen molar-refractivity contribution in [2.75, 3.05) is 19.7 Å². The molecule has 0 amide bonds. The minimum Gasteiger partial charge on any atom is -0.493 e. The van der Waals surface area contributed by atoms with Crippen molar-refractivity contribution >= 4 is 5.97 Å². The van der Waals surface area contributed by atoms with Crippen LogP contribution in [0.4, 0.5) is 13.2 Å². The van der Waals surface area contributed by atoms with Gasteiger partial charge in [-0.15, -0.1) is 0 Å². The number of halogens is 3. The normalized spacial score (nSPS) is 27.3. The summed E-state index contributed by atoms with van der Waals surface area (Å²) in [5, 5.41) is 9.26. The number of hydrogen-bond donors (Lipinski definition) is 1. The van der Waals surface area contributed by atoms with Crippen molar-refractivity contribution in [3.63, 3.8) is 0 Å². The van der Waals surface area contributed by atoms with E-state index in [1.807, 2.05) is 18.2 Å². The zero-order valence-corrected chi connectivity index (χ0v) is 20.0. The number of carboxylic acids is 1. The first-order chi connectivity index (χ1) is 17.3. The molecule has 2 aliphatic carbocycles. The number of hydrogen-bond acceptors (Lipinski definition) is 4. The van der Waals surface area contributed by atoms with Crippen molar-refractivity contribution in [2.24, 2.45) is 11.8 Å². The summed E-state index contributed by atoms with van der Waals surface area (Å²) in [6, 6.07) is 8.48. The largest absolute Gasteiger partial charge is 0.493 e. The van der Waals surface area contributed by atoms with Crippen molar-refractivity contribution in [3.05, 3.63) is 58.1 Å². The van der Waals surface area contributed by atoms with Crippen LogP contribution in [-0.2, 0) is 23.9 Å². The van der Waals surface area contributed by atoms with E-state index < -0.39 is 17.7 Å². The van der Waals surface area contributed by atoms with Crippen LogP contribution < -0.4 is 9.47 Å². The summed E-state index contributed by atoms with van der Waals surface area (Å²) in [5.41, 5.74) is 2.53. The van der Waals surface area contributed by atoms with Crippen molar-refractivity contribution in [2.45, 2.75) is 63.3 Å². The SMILES string of the molecule is O=C(O)C1CC1C1COc2cc(O[C@@H]3CCc4c3ccc(C(F)(F)F)c4CN3CCCCC3)ccc21. The molecule has 1 saturated heterocycles. The molecule has 5 nitrogen and oxygen atoms in total. The molecule has 2 fully saturated rings. The van der Waals surface area contributed by atoms with Gasteiger partial charge in [0.25, 0.3) is 0 Å². The molecule has 3 unspecified atom stereocenters. The maximum atomic E-state index is 13.9. The van der Waals surface area contributed by atoms with Gasteiger partial charge in [-0.2, -0.15) is 13.2 Å². The second-order valence-electron chi connectivity index (χ2n) is 10.6. The molecule has 6 rings (SSSR count). The van der Waals surface area contributed by atoms with E-state index in [0.29, 0.717) is 49.5 Å². The standard InChI is InChI=1S/C28H30F3NO4/c29-28(30,31)24-8-6-18-17(22(24)14-32-10-2-1-3-11-32)7-9-25(18)36-16-4-5-19-23(15-35-26(19)12-16)20-13-21(20)27(33)34/h4-6,8,12,20-21,23,25H,1-3,7,9-11,13-15H2,(H,33,34)/t20?,21?,23?,25-/m1/s1. The zero-order chi connectivity index (χ0) is 25.0. The fourth-order valence-electron chi connectivity index (χ4n) is 6.40. The Balaban J connectivity index is 1.22. The van der Waals surface area contributed by atoms with Crippen LogP contribution >= 0.6 is 0 Å². The zero-order valence-electron chi connectivity index (χ0n) is 20.0. The molecule has 4 aliphatic rings. The van der Waals surface area contributed by atoms with Gasteiger partial charge in [-0.1, -0.05) is 18.6 Å². The van der Waals surface area contributed by atoms with Crippen LogP contribution in [-0.4, -0.2) is 35.7 Å². The second kappa shape index (κ2) is 8.98. The Morgan fingerprint density at radius 1 is 1.11 bits per heavy atom. The minimum absolute atomic E-state index is 0.0838. The molecule has 8 heteroatoms. The number of carboxylic acid groups (broad SMARTS) is 1. The molecule has 0 spiro atoms. The predicted octanol–water partition coefficient (Wildman–Crippen LogP) is 5.95. The fraction of sp³-hybridized carbons (Fsp3) is 0.536. The maximum Gasteiger partial charge on any atom is 0.416 e. The molecule has 0 bridgehead atoms. The summed E-state index contributed by atoms with van der Waals surface area (Å²) in [6.45, 7) is 2.48. The molecule has 1 saturated carbocycles. The first kappa shape index (κ1) is 23.6. The summed E-state index contributed by atoms with van der Waals surface area (Å²) < 4.78 is 53.9. The second-order valence-corrected chi connectivity index (χ2v) is 10.6. The van der Waals surface area contributed by atoms with Gasteiger partial charge in [0, 0.05) is 24.1 Å². The van der Waals surface area contributed by atoms with E-state index in [-0.39, 0.29) is 23.9 Å². The van der Waals surface area contributed by atoms with Gasteiger partial charge < -0.3 is 14.6 Å². The molecule has 192 valence electrons. The highest BCUT2D eigenvalue weighted by atomic mass is 19.4. The van der Waals surface area contributed by atoms with E-state index in [1.165, 1.54) is 6.07 Å². The number of piperidine rings is 1. The lowest BCUT2D eigenvalue weighted by Gasteiger charge is -2.29. The Kier molecular flexibility index (Phi) is 5.90. The third-order valence-corrected chi connectivity index (χ3v) is 8.36. The Morgan fingerprint density at radius 2 is 1.89 bits per heavy atom. The molecular formula is C28H30F3NO4. The summed E-state index contributed by atoms with van der Waals surface area (Å²) in [4.78, 5) is 13.4. The van der Waals surface area contributed by atoms with E-state index in [2.05, 4.69) is 4.90 Å². The molecular weight excluding hydrogens is 471 g/mol. The van der Waals surface area contributed by atoms with Crippen LogP contribution in [0, 0.1) is 11.8 Å². The average Bonchev–Trinajstić information content (AvgIpc) is 3.38. The number of ether oxygens (including phenoxy) is 2. The van der Waals surface area contributed by atoms with Crippen LogP contribution in [0.2, 0.25) is 0 Å². The van der Waals surface area contributed by atoms with Gasteiger partial charge in [-0.05, 0) is 79.9 Å². The molecule has 4 atom stereocenters. The van der Waals surface area contributed by atoms with Crippen LogP contribution in [0.15, 0.2) is 30.3 Å². The van der Waals surface area contributed by atoms with Gasteiger partial charge >= 0.3 is 12.1 Å². The van der Waals surface area contributed by atoms with E-state index in [1.54, 1.807) is 6.07 Å². The van der Waals surface area contributed by atoms with Gasteiger partial charge in [0.2, 0.25) is 0 Å². The number of likely N-dealkylation sites (tertiary alicyclic amines) is 1. The Morgan fingerprint density at radius 3 is 2.61 bits per heavy atom. The van der Waals surface area contributed by atoms with E-state index >= 15 is 0 Å². The topological polar surface area (TPSA) is 59.0 Å². The lowest BCUT2D eigenvalue weighted by Crippen LogP contribution is -2.30. The Hall–Kier alpha value is -2.74. The van der Waals surface area contributed by atoms with Crippen molar-refractivity contribution in [3.8, 4) is 11.5 Å². The lowest BCUT2D eigenvalue weighted by atomic mass is 9.95. The average molecular weight is 502 g/mol. The highest BCUT2D eigenvalue weighted by molar-refractivity contribution is 5.74. The first-order valence-electron chi connectivity index (χ1n) is 12.9. The third kappa shape index (κ3) is 4.33. The van der Waals surface area contributed by atoms with Gasteiger partial charge in [0.15, 0.2) is 0 Å². The molecule has 36 heavy (non-hydrogen) atoms.